The first-order valence-corrected chi connectivity index (χ1v) is 7.25. The molecule has 0 aromatic rings. The van der Waals surface area contributed by atoms with Gasteiger partial charge in [0.15, 0.2) is 0 Å². The smallest absolute Gasteiger partial charge is 0.137 e. The summed E-state index contributed by atoms with van der Waals surface area (Å²) in [5.74, 6) is 2.50. The van der Waals surface area contributed by atoms with Crippen molar-refractivity contribution < 1.29 is 4.79 Å². The molecule has 3 fully saturated rings. The zero-order valence-corrected chi connectivity index (χ0v) is 12.0. The third-order valence-corrected chi connectivity index (χ3v) is 6.88. The molecule has 0 aromatic carbocycles. The zero-order chi connectivity index (χ0) is 12.6. The van der Waals surface area contributed by atoms with Crippen LogP contribution in [0.5, 0.6) is 0 Å². The van der Waals surface area contributed by atoms with E-state index in [1.54, 1.807) is 0 Å². The number of hydrogen-bond donors (Lipinski definition) is 0. The van der Waals surface area contributed by atoms with Crippen molar-refractivity contribution in [3.8, 4) is 0 Å². The number of fused-ring (bicyclic) bond motifs is 1. The highest BCUT2D eigenvalue weighted by Crippen LogP contribution is 2.75. The first kappa shape index (κ1) is 11.7. The zero-order valence-electron chi connectivity index (χ0n) is 12.0. The number of carbonyl (C=O) groups excluding carboxylic acids is 1. The van der Waals surface area contributed by atoms with Crippen LogP contribution in [0.4, 0.5) is 0 Å². The second-order valence-corrected chi connectivity index (χ2v) is 8.25. The Bertz CT molecular complexity index is 379. The minimum Gasteiger partial charge on any atom is -0.299 e. The molecule has 1 unspecified atom stereocenters. The van der Waals surface area contributed by atoms with Gasteiger partial charge in [-0.25, -0.2) is 0 Å². The van der Waals surface area contributed by atoms with Crippen LogP contribution in [0.3, 0.4) is 0 Å². The van der Waals surface area contributed by atoms with E-state index in [0.717, 1.165) is 24.7 Å². The van der Waals surface area contributed by atoms with Crippen molar-refractivity contribution >= 4 is 5.78 Å². The third kappa shape index (κ3) is 1.14. The summed E-state index contributed by atoms with van der Waals surface area (Å²) in [6, 6.07) is 0. The largest absolute Gasteiger partial charge is 0.299 e. The van der Waals surface area contributed by atoms with Gasteiger partial charge < -0.3 is 0 Å². The maximum atomic E-state index is 12.5. The molecular weight excluding hydrogens is 208 g/mol. The normalized spacial score (nSPS) is 50.4. The summed E-state index contributed by atoms with van der Waals surface area (Å²) >= 11 is 0. The lowest BCUT2D eigenvalue weighted by atomic mass is 9.47. The van der Waals surface area contributed by atoms with Gasteiger partial charge in [0.1, 0.15) is 5.78 Å². The van der Waals surface area contributed by atoms with Crippen molar-refractivity contribution in [3.63, 3.8) is 0 Å². The lowest BCUT2D eigenvalue weighted by Crippen LogP contribution is -2.53. The minimum atomic E-state index is 0.242. The molecule has 4 atom stereocenters. The van der Waals surface area contributed by atoms with Gasteiger partial charge in [-0.1, -0.05) is 34.6 Å². The Morgan fingerprint density at radius 3 is 2.41 bits per heavy atom. The van der Waals surface area contributed by atoms with Gasteiger partial charge in [0.25, 0.3) is 0 Å². The van der Waals surface area contributed by atoms with E-state index in [2.05, 4.69) is 34.6 Å². The molecule has 3 saturated carbocycles. The molecule has 0 amide bonds. The SMILES string of the molecule is CC1C[C@]23C[C@H]1C(C)(C)[C@@H]2C(=O)CCC3(C)C. The molecule has 1 spiro atoms. The number of rotatable bonds is 0. The highest BCUT2D eigenvalue weighted by atomic mass is 16.1. The van der Waals surface area contributed by atoms with Crippen molar-refractivity contribution in [1.82, 2.24) is 0 Å². The van der Waals surface area contributed by atoms with E-state index in [9.17, 15) is 4.79 Å². The van der Waals surface area contributed by atoms with E-state index in [-0.39, 0.29) is 5.41 Å². The van der Waals surface area contributed by atoms with Crippen LogP contribution in [-0.2, 0) is 4.79 Å². The minimum absolute atomic E-state index is 0.242. The molecule has 17 heavy (non-hydrogen) atoms. The summed E-state index contributed by atoms with van der Waals surface area (Å²) in [6.45, 7) is 12.0. The van der Waals surface area contributed by atoms with Crippen molar-refractivity contribution in [1.29, 1.82) is 0 Å². The monoisotopic (exact) mass is 234 g/mol. The predicted octanol–water partition coefficient (Wildman–Crippen LogP) is 4.06. The van der Waals surface area contributed by atoms with Gasteiger partial charge in [0, 0.05) is 12.3 Å². The topological polar surface area (TPSA) is 17.1 Å². The second kappa shape index (κ2) is 2.97. The first-order valence-electron chi connectivity index (χ1n) is 7.25. The van der Waals surface area contributed by atoms with Crippen LogP contribution in [0.1, 0.15) is 60.3 Å². The molecule has 0 heterocycles. The fourth-order valence-electron chi connectivity index (χ4n) is 6.05. The van der Waals surface area contributed by atoms with E-state index in [4.69, 9.17) is 0 Å². The Morgan fingerprint density at radius 1 is 1.12 bits per heavy atom. The Morgan fingerprint density at radius 2 is 1.76 bits per heavy atom. The standard InChI is InChI=1S/C16H26O/c1-10-8-16-9-11(10)15(4,5)13(16)12(17)6-7-14(16,2)3/h10-11,13H,6-9H2,1-5H3/t10?,11-,13+,16+/m1/s1. The molecule has 3 rings (SSSR count). The van der Waals surface area contributed by atoms with E-state index in [1.165, 1.54) is 12.8 Å². The fourth-order valence-corrected chi connectivity index (χ4v) is 6.05. The van der Waals surface area contributed by atoms with Crippen LogP contribution in [-0.4, -0.2) is 5.78 Å². The highest BCUT2D eigenvalue weighted by Gasteiger charge is 2.71. The van der Waals surface area contributed by atoms with Gasteiger partial charge in [-0.05, 0) is 47.3 Å². The summed E-state index contributed by atoms with van der Waals surface area (Å²) in [5, 5.41) is 0. The lowest BCUT2D eigenvalue weighted by Gasteiger charge is -2.55. The van der Waals surface area contributed by atoms with Crippen LogP contribution in [0.25, 0.3) is 0 Å². The van der Waals surface area contributed by atoms with Crippen LogP contribution in [0.2, 0.25) is 0 Å². The molecule has 0 aliphatic heterocycles. The van der Waals surface area contributed by atoms with Gasteiger partial charge in [0.2, 0.25) is 0 Å². The molecule has 0 N–H and O–H groups in total. The van der Waals surface area contributed by atoms with E-state index in [1.807, 2.05) is 0 Å². The number of ketones is 1. The summed E-state index contributed by atoms with van der Waals surface area (Å²) in [5.41, 5.74) is 0.935. The third-order valence-electron chi connectivity index (χ3n) is 6.88. The fraction of sp³-hybridized carbons (Fsp3) is 0.938. The molecule has 1 nitrogen and oxygen atoms in total. The van der Waals surface area contributed by atoms with Crippen LogP contribution in [0, 0.1) is 34.0 Å². The van der Waals surface area contributed by atoms with Gasteiger partial charge in [-0.15, -0.1) is 0 Å². The maximum absolute atomic E-state index is 12.5. The summed E-state index contributed by atoms with van der Waals surface area (Å²) < 4.78 is 0. The molecule has 0 radical (unpaired) electrons. The Hall–Kier alpha value is -0.330. The van der Waals surface area contributed by atoms with Crippen LogP contribution < -0.4 is 0 Å². The van der Waals surface area contributed by atoms with Crippen LogP contribution in [0.15, 0.2) is 0 Å². The van der Waals surface area contributed by atoms with Gasteiger partial charge in [-0.3, -0.25) is 4.79 Å². The molecule has 96 valence electrons. The average Bonchev–Trinajstić information content (AvgIpc) is 2.63. The predicted molar refractivity (Wildman–Crippen MR) is 69.6 cm³/mol. The molecule has 1 heteroatoms. The number of Topliss-reactive ketones (excluding diaryl/α,β-unsaturated/α-hetero) is 1. The number of hydrogen-bond acceptors (Lipinski definition) is 1. The van der Waals surface area contributed by atoms with E-state index < -0.39 is 0 Å². The summed E-state index contributed by atoms with van der Waals surface area (Å²) in [7, 11) is 0. The first-order chi connectivity index (χ1) is 7.72. The second-order valence-electron chi connectivity index (χ2n) is 8.25. The molecule has 0 aromatic heterocycles. The van der Waals surface area contributed by atoms with Gasteiger partial charge >= 0.3 is 0 Å². The van der Waals surface area contributed by atoms with Crippen molar-refractivity contribution in [2.45, 2.75) is 60.3 Å². The Balaban J connectivity index is 2.15. The maximum Gasteiger partial charge on any atom is 0.137 e. The Labute approximate surface area is 105 Å². The Kier molecular flexibility index (Phi) is 2.05. The van der Waals surface area contributed by atoms with Crippen molar-refractivity contribution in [2.24, 2.45) is 34.0 Å². The molecule has 2 bridgehead atoms. The van der Waals surface area contributed by atoms with E-state index in [0.29, 0.717) is 22.5 Å². The molecule has 3 aliphatic rings. The average molecular weight is 234 g/mol. The van der Waals surface area contributed by atoms with Gasteiger partial charge in [-0.2, -0.15) is 0 Å². The number of carbonyl (C=O) groups is 1. The van der Waals surface area contributed by atoms with Crippen molar-refractivity contribution in [3.05, 3.63) is 0 Å². The molecule has 0 saturated heterocycles. The van der Waals surface area contributed by atoms with E-state index >= 15 is 0 Å². The quantitative estimate of drug-likeness (QED) is 0.617. The van der Waals surface area contributed by atoms with Gasteiger partial charge in [0.05, 0.1) is 0 Å². The van der Waals surface area contributed by atoms with Crippen molar-refractivity contribution in [2.75, 3.05) is 0 Å². The highest BCUT2D eigenvalue weighted by molar-refractivity contribution is 5.84. The molecule has 3 aliphatic carbocycles. The summed E-state index contributed by atoms with van der Waals surface area (Å²) in [4.78, 5) is 12.5. The lowest BCUT2D eigenvalue weighted by molar-refractivity contribution is -0.148. The van der Waals surface area contributed by atoms with Crippen LogP contribution >= 0.6 is 0 Å². The summed E-state index contributed by atoms with van der Waals surface area (Å²) in [6.07, 6.45) is 4.54. The molecular formula is C16H26O.